The largest absolute Gasteiger partial charge is 0.509 e. The van der Waals surface area contributed by atoms with E-state index in [1.54, 1.807) is 32.6 Å². The zero-order valence-electron chi connectivity index (χ0n) is 15.7. The number of carbonyl (C=O) groups is 1. The predicted molar refractivity (Wildman–Crippen MR) is 97.8 cm³/mol. The van der Waals surface area contributed by atoms with Gasteiger partial charge < -0.3 is 33.2 Å². The van der Waals surface area contributed by atoms with Gasteiger partial charge in [-0.3, -0.25) is 0 Å². The highest BCUT2D eigenvalue weighted by Gasteiger charge is 2.30. The molecule has 26 heavy (non-hydrogen) atoms. The van der Waals surface area contributed by atoms with E-state index in [4.69, 9.17) is 10.5 Å². The lowest BCUT2D eigenvalue weighted by molar-refractivity contribution is 0.0240. The third-order valence-electron chi connectivity index (χ3n) is 4.38. The van der Waals surface area contributed by atoms with Crippen molar-refractivity contribution in [2.24, 2.45) is 5.73 Å². The topological polar surface area (TPSA) is 58.8 Å². The zero-order chi connectivity index (χ0) is 19.7. The minimum atomic E-state index is -5.10. The minimum Gasteiger partial charge on any atom is -0.445 e. The fourth-order valence-corrected chi connectivity index (χ4v) is 2.97. The van der Waals surface area contributed by atoms with Crippen LogP contribution in [0.1, 0.15) is 31.9 Å². The van der Waals surface area contributed by atoms with Gasteiger partial charge in [-0.25, -0.2) is 4.79 Å². The van der Waals surface area contributed by atoms with E-state index in [1.807, 2.05) is 4.90 Å². The van der Waals surface area contributed by atoms with Gasteiger partial charge in [0.1, 0.15) is 5.60 Å². The van der Waals surface area contributed by atoms with Gasteiger partial charge in [-0.05, 0) is 38.8 Å². The summed E-state index contributed by atoms with van der Waals surface area (Å²) < 4.78 is 45.1. The number of halogens is 3. The minimum absolute atomic E-state index is 0.0523. The lowest BCUT2D eigenvalue weighted by Crippen LogP contribution is -2.50. The van der Waals surface area contributed by atoms with Gasteiger partial charge in [0.2, 0.25) is 0 Å². The molecule has 2 N–H and O–H groups in total. The van der Waals surface area contributed by atoms with Crippen LogP contribution in [0.2, 0.25) is 0 Å². The number of anilines is 1. The van der Waals surface area contributed by atoms with Crippen LogP contribution < -0.4 is 16.1 Å². The number of carbonyl (C=O) groups excluding carboxylic acids is 1. The van der Waals surface area contributed by atoms with E-state index in [1.165, 1.54) is 6.07 Å². The van der Waals surface area contributed by atoms with E-state index in [-0.39, 0.29) is 6.54 Å². The van der Waals surface area contributed by atoms with Gasteiger partial charge in [0.15, 0.2) is 0 Å². The first-order chi connectivity index (χ1) is 11.9. The van der Waals surface area contributed by atoms with Gasteiger partial charge in [-0.15, -0.1) is 5.46 Å². The Morgan fingerprint density at radius 1 is 1.19 bits per heavy atom. The van der Waals surface area contributed by atoms with Gasteiger partial charge in [0, 0.05) is 38.4 Å². The quantitative estimate of drug-likeness (QED) is 0.829. The molecule has 1 aliphatic rings. The van der Waals surface area contributed by atoms with E-state index < -0.39 is 24.1 Å². The Bertz CT molecular complexity index is 666. The van der Waals surface area contributed by atoms with Gasteiger partial charge in [0.25, 0.3) is 0 Å². The number of rotatable bonds is 3. The molecule has 2 rings (SSSR count). The molecule has 0 aromatic heterocycles. The van der Waals surface area contributed by atoms with Crippen molar-refractivity contribution in [3.8, 4) is 0 Å². The first kappa shape index (κ1) is 20.4. The molecule has 0 unspecified atom stereocenters. The number of nitrogens with zero attached hydrogens (tertiary/aromatic N) is 2. The molecule has 0 saturated carbocycles. The summed E-state index contributed by atoms with van der Waals surface area (Å²) in [6, 6.07) is 2.33. The maximum atomic E-state index is 13.2. The highest BCUT2D eigenvalue weighted by Crippen LogP contribution is 2.26. The Labute approximate surface area is 152 Å². The van der Waals surface area contributed by atoms with Gasteiger partial charge in [-0.2, -0.15) is 0 Å². The van der Waals surface area contributed by atoms with Crippen LogP contribution in [0.25, 0.3) is 0 Å². The smallest absolute Gasteiger partial charge is 0.445 e. The van der Waals surface area contributed by atoms with Crippen molar-refractivity contribution in [3.63, 3.8) is 0 Å². The number of ether oxygens (including phenoxy) is 1. The number of piperazine rings is 1. The van der Waals surface area contributed by atoms with Crippen LogP contribution in [0.3, 0.4) is 0 Å². The van der Waals surface area contributed by atoms with Crippen molar-refractivity contribution in [1.29, 1.82) is 0 Å². The van der Waals surface area contributed by atoms with Crippen molar-refractivity contribution in [1.82, 2.24) is 4.90 Å². The highest BCUT2D eigenvalue weighted by molar-refractivity contribution is 6.73. The molecule has 1 aromatic carbocycles. The second kappa shape index (κ2) is 7.38. The predicted octanol–water partition coefficient (Wildman–Crippen LogP) is 2.57. The summed E-state index contributed by atoms with van der Waals surface area (Å²) in [6.07, 6.45) is -0.399. The molecule has 0 spiro atoms. The summed E-state index contributed by atoms with van der Waals surface area (Å²) in [6.45, 7) is 3.80. The standard InChI is InChI=1S/C17H26BF3N3O2/c1-12-13(11-22)9-14(18(19,20)21)10-15(12)23-5-7-24(8-6-23)16(25)26-17(2,3)4/h9-10H,5-8,11,22H2,1-4H3/q-1. The molecule has 1 fully saturated rings. The van der Waals surface area contributed by atoms with Gasteiger partial charge in [-0.1, -0.05) is 12.1 Å². The molecule has 5 nitrogen and oxygen atoms in total. The summed E-state index contributed by atoms with van der Waals surface area (Å²) >= 11 is 0. The van der Waals surface area contributed by atoms with Crippen LogP contribution in [0.15, 0.2) is 12.1 Å². The number of nitrogens with two attached hydrogens (primary N) is 1. The average molecular weight is 372 g/mol. The van der Waals surface area contributed by atoms with Crippen LogP contribution in [-0.2, 0) is 11.3 Å². The number of amides is 1. The van der Waals surface area contributed by atoms with Gasteiger partial charge in [0.05, 0.1) is 0 Å². The molecule has 0 aliphatic carbocycles. The van der Waals surface area contributed by atoms with Gasteiger partial charge >= 0.3 is 13.1 Å². The van der Waals surface area contributed by atoms with E-state index in [0.29, 0.717) is 37.4 Å². The van der Waals surface area contributed by atoms with E-state index in [2.05, 4.69) is 0 Å². The Kier molecular flexibility index (Phi) is 5.80. The van der Waals surface area contributed by atoms with Crippen LogP contribution in [0.5, 0.6) is 0 Å². The molecule has 1 heterocycles. The van der Waals surface area contributed by atoms with Crippen LogP contribution in [0, 0.1) is 6.92 Å². The summed E-state index contributed by atoms with van der Waals surface area (Å²) in [5, 5.41) is 0. The maximum Gasteiger partial charge on any atom is 0.509 e. The Hall–Kier alpha value is -1.90. The molecule has 9 heteroatoms. The van der Waals surface area contributed by atoms with Crippen molar-refractivity contribution in [2.75, 3.05) is 31.1 Å². The molecule has 0 bridgehead atoms. The Morgan fingerprint density at radius 3 is 2.23 bits per heavy atom. The maximum absolute atomic E-state index is 13.2. The summed E-state index contributed by atoms with van der Waals surface area (Å²) in [5.41, 5.74) is 6.19. The molecule has 1 saturated heterocycles. The fraction of sp³-hybridized carbons (Fsp3) is 0.588. The fourth-order valence-electron chi connectivity index (χ4n) is 2.97. The Balaban J connectivity index is 2.17. The lowest BCUT2D eigenvalue weighted by Gasteiger charge is -2.38. The highest BCUT2D eigenvalue weighted by atomic mass is 19.4. The number of hydrogen-bond donors (Lipinski definition) is 1. The first-order valence-electron chi connectivity index (χ1n) is 8.68. The molecule has 0 atom stereocenters. The number of benzene rings is 1. The zero-order valence-corrected chi connectivity index (χ0v) is 15.7. The van der Waals surface area contributed by atoms with Crippen LogP contribution in [-0.4, -0.2) is 49.8 Å². The normalized spacial score (nSPS) is 16.0. The SMILES string of the molecule is Cc1c(CN)cc([B-](F)(F)F)cc1N1CCN(C(=O)OC(C)(C)C)CC1. The third kappa shape index (κ3) is 4.84. The molecule has 1 aromatic rings. The first-order valence-corrected chi connectivity index (χ1v) is 8.68. The second-order valence-corrected chi connectivity index (χ2v) is 7.56. The molecular weight excluding hydrogens is 346 g/mol. The second-order valence-electron chi connectivity index (χ2n) is 7.56. The van der Waals surface area contributed by atoms with Crippen molar-refractivity contribution < 1.29 is 22.5 Å². The van der Waals surface area contributed by atoms with E-state index in [9.17, 15) is 17.7 Å². The summed E-state index contributed by atoms with van der Waals surface area (Å²) in [7, 11) is 0. The summed E-state index contributed by atoms with van der Waals surface area (Å²) in [5.74, 6) is 0. The van der Waals surface area contributed by atoms with Crippen LogP contribution >= 0.6 is 0 Å². The molecule has 146 valence electrons. The van der Waals surface area contributed by atoms with Crippen molar-refractivity contribution in [2.45, 2.75) is 39.8 Å². The molecule has 0 radical (unpaired) electrons. The van der Waals surface area contributed by atoms with Crippen molar-refractivity contribution in [3.05, 3.63) is 23.3 Å². The van der Waals surface area contributed by atoms with E-state index in [0.717, 1.165) is 11.6 Å². The summed E-state index contributed by atoms with van der Waals surface area (Å²) in [4.78, 5) is 15.6. The Morgan fingerprint density at radius 2 is 1.77 bits per heavy atom. The lowest BCUT2D eigenvalue weighted by atomic mass is 9.78. The molecule has 1 aliphatic heterocycles. The molecular formula is C17H26BF3N3O2-. The van der Waals surface area contributed by atoms with Crippen molar-refractivity contribution >= 4 is 24.2 Å². The third-order valence-corrected chi connectivity index (χ3v) is 4.38. The van der Waals surface area contributed by atoms with Crippen LogP contribution in [0.4, 0.5) is 23.4 Å². The van der Waals surface area contributed by atoms with E-state index >= 15 is 0 Å². The number of hydrogen-bond acceptors (Lipinski definition) is 4. The monoisotopic (exact) mass is 372 g/mol. The molecule has 1 amide bonds. The average Bonchev–Trinajstić information content (AvgIpc) is 2.52.